The molecule has 1 unspecified atom stereocenters. The van der Waals surface area contributed by atoms with E-state index in [-0.39, 0.29) is 17.7 Å². The Bertz CT molecular complexity index is 639. The number of hydrogen-bond donors (Lipinski definition) is 1. The number of cyclic esters (lactones) is 1. The molecule has 1 atom stereocenters. The van der Waals surface area contributed by atoms with Gasteiger partial charge in [-0.25, -0.2) is 4.79 Å². The van der Waals surface area contributed by atoms with Crippen molar-refractivity contribution in [3.8, 4) is 0 Å². The van der Waals surface area contributed by atoms with Crippen molar-refractivity contribution in [2.45, 2.75) is 24.5 Å². The average Bonchev–Trinajstić information content (AvgIpc) is 2.81. The zero-order valence-corrected chi connectivity index (χ0v) is 11.1. The highest BCUT2D eigenvalue weighted by Crippen LogP contribution is 2.48. The van der Waals surface area contributed by atoms with Crippen molar-refractivity contribution in [2.75, 3.05) is 6.54 Å². The van der Waals surface area contributed by atoms with E-state index < -0.39 is 17.7 Å². The van der Waals surface area contributed by atoms with Crippen LogP contribution in [0.2, 0.25) is 0 Å². The lowest BCUT2D eigenvalue weighted by Gasteiger charge is -2.52. The number of pyridine rings is 1. The number of amides is 3. The van der Waals surface area contributed by atoms with Gasteiger partial charge in [0.1, 0.15) is 11.6 Å². The van der Waals surface area contributed by atoms with Crippen LogP contribution in [-0.4, -0.2) is 39.9 Å². The Balaban J connectivity index is 1.59. The summed E-state index contributed by atoms with van der Waals surface area (Å²) in [5, 5.41) is 2.33. The minimum atomic E-state index is -0.905. The maximum Gasteiger partial charge on any atom is 0.411 e. The van der Waals surface area contributed by atoms with E-state index in [1.165, 1.54) is 4.90 Å². The van der Waals surface area contributed by atoms with Crippen molar-refractivity contribution in [1.29, 1.82) is 0 Å². The molecule has 0 spiro atoms. The van der Waals surface area contributed by atoms with Gasteiger partial charge in [0, 0.05) is 18.3 Å². The molecule has 0 aromatic carbocycles. The second kappa shape index (κ2) is 4.03. The van der Waals surface area contributed by atoms with Crippen LogP contribution in [0.5, 0.6) is 0 Å². The first-order chi connectivity index (χ1) is 10.1. The molecular formula is C14H13N3O4. The Morgan fingerprint density at radius 1 is 1.24 bits per heavy atom. The SMILES string of the molecule is O=C1NC(=O)C2(N3CC(c4ccncc4)OC3=O)CC1C2. The molecule has 1 N–H and O–H groups in total. The number of rotatable bonds is 2. The fourth-order valence-electron chi connectivity index (χ4n) is 3.36. The molecule has 0 radical (unpaired) electrons. The summed E-state index contributed by atoms with van der Waals surface area (Å²) in [6, 6.07) is 3.57. The quantitative estimate of drug-likeness (QED) is 0.794. The second-order valence-corrected chi connectivity index (χ2v) is 5.72. The van der Waals surface area contributed by atoms with E-state index in [0.717, 1.165) is 5.56 Å². The largest absolute Gasteiger partial charge is 0.439 e. The maximum atomic E-state index is 12.1. The second-order valence-electron chi connectivity index (χ2n) is 5.72. The van der Waals surface area contributed by atoms with Crippen molar-refractivity contribution in [3.05, 3.63) is 30.1 Å². The summed E-state index contributed by atoms with van der Waals surface area (Å²) < 4.78 is 5.37. The van der Waals surface area contributed by atoms with Gasteiger partial charge in [-0.1, -0.05) is 0 Å². The van der Waals surface area contributed by atoms with Gasteiger partial charge in [-0.2, -0.15) is 0 Å². The predicted molar refractivity (Wildman–Crippen MR) is 68.8 cm³/mol. The van der Waals surface area contributed by atoms with Gasteiger partial charge in [0.15, 0.2) is 0 Å². The zero-order valence-electron chi connectivity index (χ0n) is 11.1. The minimum absolute atomic E-state index is 0.171. The molecule has 1 saturated carbocycles. The molecule has 2 bridgehead atoms. The zero-order chi connectivity index (χ0) is 14.6. The average molecular weight is 287 g/mol. The van der Waals surface area contributed by atoms with Crippen LogP contribution in [0.4, 0.5) is 4.79 Å². The highest BCUT2D eigenvalue weighted by molar-refractivity contribution is 6.08. The maximum absolute atomic E-state index is 12.1. The van der Waals surface area contributed by atoms with Crippen LogP contribution in [0.1, 0.15) is 24.5 Å². The Morgan fingerprint density at radius 3 is 2.62 bits per heavy atom. The molecule has 108 valence electrons. The van der Waals surface area contributed by atoms with Crippen LogP contribution >= 0.6 is 0 Å². The summed E-state index contributed by atoms with van der Waals surface area (Å²) in [6.45, 7) is 0.317. The van der Waals surface area contributed by atoms with Crippen molar-refractivity contribution in [2.24, 2.45) is 5.92 Å². The van der Waals surface area contributed by atoms with Gasteiger partial charge in [-0.05, 0) is 30.5 Å². The fourth-order valence-corrected chi connectivity index (χ4v) is 3.36. The predicted octanol–water partition coefficient (Wildman–Crippen LogP) is 0.380. The van der Waals surface area contributed by atoms with Gasteiger partial charge in [0.05, 0.1) is 6.54 Å². The smallest absolute Gasteiger partial charge is 0.411 e. The Hall–Kier alpha value is -2.44. The summed E-state index contributed by atoms with van der Waals surface area (Å²) in [4.78, 5) is 41.2. The molecule has 1 aromatic heterocycles. The molecule has 3 aliphatic heterocycles. The third-order valence-corrected chi connectivity index (χ3v) is 4.60. The molecule has 7 heteroatoms. The van der Waals surface area contributed by atoms with Crippen molar-refractivity contribution < 1.29 is 19.1 Å². The van der Waals surface area contributed by atoms with E-state index in [0.29, 0.717) is 19.4 Å². The molecule has 1 aliphatic carbocycles. The van der Waals surface area contributed by atoms with Crippen LogP contribution < -0.4 is 5.32 Å². The Morgan fingerprint density at radius 2 is 1.95 bits per heavy atom. The molecule has 1 aromatic rings. The molecule has 4 aliphatic rings. The number of hydrogen-bond acceptors (Lipinski definition) is 5. The van der Waals surface area contributed by atoms with E-state index >= 15 is 0 Å². The number of carbonyl (C=O) groups excluding carboxylic acids is 3. The summed E-state index contributed by atoms with van der Waals surface area (Å²) in [5.74, 6) is -0.794. The third-order valence-electron chi connectivity index (χ3n) is 4.60. The van der Waals surface area contributed by atoms with E-state index in [1.54, 1.807) is 24.5 Å². The molecule has 7 nitrogen and oxygen atoms in total. The molecule has 21 heavy (non-hydrogen) atoms. The van der Waals surface area contributed by atoms with Crippen molar-refractivity contribution in [3.63, 3.8) is 0 Å². The lowest BCUT2D eigenvalue weighted by molar-refractivity contribution is -0.159. The lowest BCUT2D eigenvalue weighted by Crippen LogP contribution is -2.73. The van der Waals surface area contributed by atoms with Crippen LogP contribution in [0.25, 0.3) is 0 Å². The van der Waals surface area contributed by atoms with E-state index in [4.69, 9.17) is 4.74 Å². The number of imide groups is 1. The fraction of sp³-hybridized carbons (Fsp3) is 0.429. The van der Waals surface area contributed by atoms with Gasteiger partial charge >= 0.3 is 6.09 Å². The topological polar surface area (TPSA) is 88.6 Å². The van der Waals surface area contributed by atoms with Crippen LogP contribution in [0, 0.1) is 5.92 Å². The number of ether oxygens (including phenoxy) is 1. The van der Waals surface area contributed by atoms with Crippen molar-refractivity contribution >= 4 is 17.9 Å². The van der Waals surface area contributed by atoms with E-state index in [9.17, 15) is 14.4 Å². The number of nitrogens with zero attached hydrogens (tertiary/aromatic N) is 2. The Kier molecular flexibility index (Phi) is 2.36. The normalized spacial score (nSPS) is 34.3. The first kappa shape index (κ1) is 12.3. The lowest BCUT2D eigenvalue weighted by atomic mass is 9.63. The minimum Gasteiger partial charge on any atom is -0.439 e. The van der Waals surface area contributed by atoms with Crippen LogP contribution in [0.3, 0.4) is 0 Å². The number of fused-ring (bicyclic) bond motifs is 2. The first-order valence-electron chi connectivity index (χ1n) is 6.84. The third kappa shape index (κ3) is 1.60. The standard InChI is InChI=1S/C14H13N3O4/c18-11-9-5-14(6-9,12(19)16-11)17-7-10(21-13(17)20)8-1-3-15-4-2-8/h1-4,9-10H,5-7H2,(H,16,18,19). The van der Waals surface area contributed by atoms with E-state index in [2.05, 4.69) is 10.3 Å². The molecule has 4 fully saturated rings. The van der Waals surface area contributed by atoms with Gasteiger partial charge in [-0.15, -0.1) is 0 Å². The van der Waals surface area contributed by atoms with Crippen molar-refractivity contribution in [1.82, 2.24) is 15.2 Å². The van der Waals surface area contributed by atoms with Gasteiger partial charge in [0.2, 0.25) is 5.91 Å². The Labute approximate surface area is 120 Å². The van der Waals surface area contributed by atoms with Crippen LogP contribution in [-0.2, 0) is 14.3 Å². The highest BCUT2D eigenvalue weighted by atomic mass is 16.6. The van der Waals surface area contributed by atoms with Gasteiger partial charge in [-0.3, -0.25) is 24.8 Å². The number of aromatic nitrogens is 1. The van der Waals surface area contributed by atoms with E-state index in [1.807, 2.05) is 0 Å². The molecule has 4 heterocycles. The number of nitrogens with one attached hydrogen (secondary N) is 1. The summed E-state index contributed by atoms with van der Waals surface area (Å²) >= 11 is 0. The monoisotopic (exact) mass is 287 g/mol. The molecule has 5 rings (SSSR count). The summed E-state index contributed by atoms with van der Waals surface area (Å²) in [7, 11) is 0. The highest BCUT2D eigenvalue weighted by Gasteiger charge is 2.63. The van der Waals surface area contributed by atoms with Gasteiger partial charge in [0.25, 0.3) is 5.91 Å². The summed E-state index contributed by atoms with van der Waals surface area (Å²) in [5.41, 5.74) is -0.0577. The van der Waals surface area contributed by atoms with Crippen LogP contribution in [0.15, 0.2) is 24.5 Å². The number of piperidine rings is 2. The first-order valence-corrected chi connectivity index (χ1v) is 6.84. The molecular weight excluding hydrogens is 274 g/mol. The summed E-state index contributed by atoms with van der Waals surface area (Å²) in [6.07, 6.45) is 3.16. The van der Waals surface area contributed by atoms with Gasteiger partial charge < -0.3 is 4.74 Å². The molecule has 3 amide bonds. The number of carbonyl (C=O) groups is 3. The molecule has 3 saturated heterocycles.